The molecule has 0 saturated heterocycles. The van der Waals surface area contributed by atoms with E-state index in [0.717, 1.165) is 43.2 Å². The van der Waals surface area contributed by atoms with Crippen molar-refractivity contribution in [1.82, 2.24) is 3.82 Å². The van der Waals surface area contributed by atoms with Crippen molar-refractivity contribution in [2.24, 2.45) is 27.8 Å². The molecule has 6 rings (SSSR count). The van der Waals surface area contributed by atoms with Crippen LogP contribution in [0, 0.1) is 36.5 Å². The summed E-state index contributed by atoms with van der Waals surface area (Å²) in [5, 5.41) is 4.46. The molecule has 7 nitrogen and oxygen atoms in total. The molecule has 4 bridgehead atoms. The van der Waals surface area contributed by atoms with Gasteiger partial charge in [0.15, 0.2) is 0 Å². The summed E-state index contributed by atoms with van der Waals surface area (Å²) in [6.07, 6.45) is 4.99. The van der Waals surface area contributed by atoms with Crippen LogP contribution in [0.15, 0.2) is 63.4 Å². The number of hydrogen-bond donors (Lipinski definition) is 0. The molecule has 2 atom stereocenters. The van der Waals surface area contributed by atoms with Gasteiger partial charge in [0.2, 0.25) is 0 Å². The Balaban J connectivity index is 1.64. The third kappa shape index (κ3) is 4.34. The van der Waals surface area contributed by atoms with Crippen molar-refractivity contribution in [2.75, 3.05) is 0 Å². The van der Waals surface area contributed by atoms with Crippen molar-refractivity contribution in [3.63, 3.8) is 0 Å². The Labute approximate surface area is 220 Å². The smallest absolute Gasteiger partial charge is 0.293 e. The van der Waals surface area contributed by atoms with E-state index in [1.807, 2.05) is 13.8 Å². The van der Waals surface area contributed by atoms with E-state index in [0.29, 0.717) is 27.8 Å². The second-order valence-corrected chi connectivity index (χ2v) is 15.3. The number of hydrogen-bond acceptors (Lipinski definition) is 6. The quantitative estimate of drug-likeness (QED) is 0.352. The van der Waals surface area contributed by atoms with E-state index in [4.69, 9.17) is 0 Å². The van der Waals surface area contributed by atoms with Gasteiger partial charge in [-0.15, -0.1) is 0 Å². The minimum Gasteiger partial charge on any atom is -0.299 e. The van der Waals surface area contributed by atoms with Crippen molar-refractivity contribution < 1.29 is 21.6 Å². The van der Waals surface area contributed by atoms with Gasteiger partial charge in [0.1, 0.15) is 5.78 Å². The Morgan fingerprint density at radius 2 is 1.16 bits per heavy atom. The van der Waals surface area contributed by atoms with E-state index >= 15 is 0 Å². The zero-order valence-electron chi connectivity index (χ0n) is 21.8. The topological polar surface area (TPSA) is 101 Å². The molecule has 2 unspecified atom stereocenters. The van der Waals surface area contributed by atoms with Crippen molar-refractivity contribution >= 4 is 31.5 Å². The first-order valence-corrected chi connectivity index (χ1v) is 15.7. The van der Waals surface area contributed by atoms with E-state index < -0.39 is 30.9 Å². The predicted octanol–water partition coefficient (Wildman–Crippen LogP) is 5.23. The summed E-state index contributed by atoms with van der Waals surface area (Å²) < 4.78 is 55.7. The number of nitrogens with zero attached hydrogens (tertiary/aromatic N) is 2. The van der Waals surface area contributed by atoms with Crippen LogP contribution in [-0.4, -0.2) is 32.2 Å². The molecule has 0 spiro atoms. The van der Waals surface area contributed by atoms with Gasteiger partial charge in [-0.05, 0) is 102 Å². The first-order chi connectivity index (χ1) is 17.3. The molecule has 9 heteroatoms. The van der Waals surface area contributed by atoms with Gasteiger partial charge in [-0.25, -0.2) is 0 Å². The molecule has 0 amide bonds. The minimum atomic E-state index is -4.54. The van der Waals surface area contributed by atoms with Crippen LogP contribution in [0.4, 0.5) is 0 Å². The van der Waals surface area contributed by atoms with Crippen molar-refractivity contribution in [3.8, 4) is 0 Å². The first kappa shape index (κ1) is 26.1. The third-order valence-corrected chi connectivity index (χ3v) is 12.8. The van der Waals surface area contributed by atoms with Crippen LogP contribution in [-0.2, 0) is 24.8 Å². The van der Waals surface area contributed by atoms with Gasteiger partial charge in [0.25, 0.3) is 20.0 Å². The monoisotopic (exact) mass is 542 g/mol. The first-order valence-electron chi connectivity index (χ1n) is 12.8. The molecular weight excluding hydrogens is 508 g/mol. The molecule has 4 fully saturated rings. The summed E-state index contributed by atoms with van der Waals surface area (Å²) in [5.41, 5.74) is 1.28. The van der Waals surface area contributed by atoms with Crippen LogP contribution < -0.4 is 0 Å². The zero-order chi connectivity index (χ0) is 26.8. The molecule has 2 aromatic carbocycles. The number of Topliss-reactive ketones (excluding diaryl/α,β-unsaturated/α-hetero) is 1. The van der Waals surface area contributed by atoms with Gasteiger partial charge in [-0.1, -0.05) is 39.2 Å². The summed E-state index contributed by atoms with van der Waals surface area (Å²) in [4.78, 5) is 12.5. The maximum atomic E-state index is 13.8. The van der Waals surface area contributed by atoms with E-state index in [9.17, 15) is 21.6 Å². The van der Waals surface area contributed by atoms with Crippen LogP contribution >= 0.6 is 0 Å². The summed E-state index contributed by atoms with van der Waals surface area (Å²) in [7, 11) is -9.08. The zero-order valence-corrected chi connectivity index (χ0v) is 23.4. The minimum absolute atomic E-state index is 0.143. The molecule has 4 aliphatic rings. The van der Waals surface area contributed by atoms with Crippen molar-refractivity contribution in [1.29, 1.82) is 0 Å². The second kappa shape index (κ2) is 8.76. The molecule has 0 aromatic heterocycles. The molecule has 0 N–H and O–H groups in total. The maximum Gasteiger partial charge on any atom is 0.293 e. The Kier molecular flexibility index (Phi) is 6.18. The summed E-state index contributed by atoms with van der Waals surface area (Å²) in [5.74, 6) is 0.910. The largest absolute Gasteiger partial charge is 0.299 e. The fourth-order valence-corrected chi connectivity index (χ4v) is 10.5. The Morgan fingerprint density at radius 3 is 1.57 bits per heavy atom. The third-order valence-electron chi connectivity index (χ3n) is 8.86. The van der Waals surface area contributed by atoms with Crippen LogP contribution in [0.5, 0.6) is 0 Å². The average molecular weight is 543 g/mol. The lowest BCUT2D eigenvalue weighted by atomic mass is 9.42. The number of benzene rings is 2. The van der Waals surface area contributed by atoms with Crippen LogP contribution in [0.3, 0.4) is 0 Å². The average Bonchev–Trinajstić information content (AvgIpc) is 2.82. The number of carbonyl (C=O) groups excluding carboxylic acids is 1. The lowest BCUT2D eigenvalue weighted by molar-refractivity contribution is -0.145. The van der Waals surface area contributed by atoms with Crippen molar-refractivity contribution in [2.45, 2.75) is 76.0 Å². The molecule has 198 valence electrons. The highest BCUT2D eigenvalue weighted by Crippen LogP contribution is 2.66. The summed E-state index contributed by atoms with van der Waals surface area (Å²) in [6, 6.07) is 12.2. The fraction of sp³-hybridized carbons (Fsp3) is 0.500. The van der Waals surface area contributed by atoms with Crippen LogP contribution in [0.25, 0.3) is 0 Å². The lowest BCUT2D eigenvalue weighted by Gasteiger charge is -2.61. The molecular formula is C28H34N2O5S2. The number of rotatable bonds is 7. The van der Waals surface area contributed by atoms with Gasteiger partial charge < -0.3 is 0 Å². The number of carbonyl (C=O) groups is 1. The standard InChI is InChI=1S/C28H34N2O5S2/c1-19-5-9-25(10-6-19)36(32,33)30(37(34,35)26-11-7-20(2)8-12-26)29-21(3)27-14-23-13-24(15-27)17-28(16-23,18-27)22(4)31/h5-12,23-24H,13-18H2,1-4H3. The highest BCUT2D eigenvalue weighted by Gasteiger charge is 2.60. The number of ketones is 1. The van der Waals surface area contributed by atoms with E-state index in [1.165, 1.54) is 24.3 Å². The summed E-state index contributed by atoms with van der Waals surface area (Å²) >= 11 is 0. The van der Waals surface area contributed by atoms with Crippen LogP contribution in [0.2, 0.25) is 0 Å². The molecule has 37 heavy (non-hydrogen) atoms. The molecule has 2 aromatic rings. The molecule has 0 aliphatic heterocycles. The highest BCUT2D eigenvalue weighted by atomic mass is 32.3. The van der Waals surface area contributed by atoms with E-state index in [-0.39, 0.29) is 15.6 Å². The van der Waals surface area contributed by atoms with Gasteiger partial charge in [0, 0.05) is 16.5 Å². The van der Waals surface area contributed by atoms with Gasteiger partial charge in [0.05, 0.1) is 9.79 Å². The van der Waals surface area contributed by atoms with Gasteiger partial charge in [-0.3, -0.25) is 4.79 Å². The molecule has 0 heterocycles. The highest BCUT2D eigenvalue weighted by molar-refractivity contribution is 8.04. The molecule has 4 aliphatic carbocycles. The maximum absolute atomic E-state index is 13.8. The van der Waals surface area contributed by atoms with Crippen molar-refractivity contribution in [3.05, 3.63) is 59.7 Å². The van der Waals surface area contributed by atoms with Crippen LogP contribution in [0.1, 0.15) is 63.5 Å². The Morgan fingerprint density at radius 1 is 0.757 bits per heavy atom. The fourth-order valence-electron chi connectivity index (χ4n) is 7.16. The van der Waals surface area contributed by atoms with E-state index in [2.05, 4.69) is 5.10 Å². The Hall–Kier alpha value is -2.52. The number of sulfonamides is 2. The second-order valence-electron chi connectivity index (χ2n) is 11.6. The predicted molar refractivity (Wildman–Crippen MR) is 142 cm³/mol. The molecule has 0 radical (unpaired) electrons. The number of aryl methyl sites for hydroxylation is 2. The SMILES string of the molecule is CC(=O)C12CC3CC(C1)CC(C(C)=NN(S(=O)(=O)c1ccc(C)cc1)S(=O)(=O)c1ccc(C)cc1)(C3)C2. The van der Waals surface area contributed by atoms with Gasteiger partial charge in [-0.2, -0.15) is 21.9 Å². The Bertz CT molecular complexity index is 1390. The van der Waals surface area contributed by atoms with E-state index in [1.54, 1.807) is 38.1 Å². The lowest BCUT2D eigenvalue weighted by Crippen LogP contribution is -2.57. The number of hydrazone groups is 1. The van der Waals surface area contributed by atoms with Gasteiger partial charge >= 0.3 is 0 Å². The normalized spacial score (nSPS) is 29.4. The summed E-state index contributed by atoms with van der Waals surface area (Å²) in [6.45, 7) is 7.06. The molecule has 4 saturated carbocycles.